The molecule has 17 heavy (non-hydrogen) atoms. The normalized spacial score (nSPS) is 10.8. The molecule has 0 spiro atoms. The van der Waals surface area contributed by atoms with E-state index < -0.39 is 0 Å². The van der Waals surface area contributed by atoms with E-state index in [0.29, 0.717) is 11.5 Å². The highest BCUT2D eigenvalue weighted by Crippen LogP contribution is 2.17. The monoisotopic (exact) mass is 228 g/mol. The Kier molecular flexibility index (Phi) is 3.09. The molecular weight excluding hydrogens is 212 g/mol. The van der Waals surface area contributed by atoms with Crippen molar-refractivity contribution in [1.82, 2.24) is 9.78 Å². The van der Waals surface area contributed by atoms with Crippen LogP contribution in [0, 0.1) is 6.92 Å². The van der Waals surface area contributed by atoms with Crippen molar-refractivity contribution in [3.05, 3.63) is 47.3 Å². The van der Waals surface area contributed by atoms with Crippen LogP contribution in [0.3, 0.4) is 0 Å². The molecule has 0 unspecified atom stereocenters. The van der Waals surface area contributed by atoms with Crippen molar-refractivity contribution in [3.63, 3.8) is 0 Å². The molecule has 88 valence electrons. The summed E-state index contributed by atoms with van der Waals surface area (Å²) in [4.78, 5) is 10.7. The molecule has 0 atom stereocenters. The van der Waals surface area contributed by atoms with Gasteiger partial charge in [-0.25, -0.2) is 4.68 Å². The van der Waals surface area contributed by atoms with Crippen LogP contribution in [0.2, 0.25) is 0 Å². The molecule has 1 aromatic heterocycles. The van der Waals surface area contributed by atoms with E-state index in [1.807, 2.05) is 42.1 Å². The fourth-order valence-electron chi connectivity index (χ4n) is 1.79. The average molecular weight is 228 g/mol. The van der Waals surface area contributed by atoms with Crippen LogP contribution in [-0.2, 0) is 0 Å². The first-order chi connectivity index (χ1) is 8.11. The Morgan fingerprint density at radius 3 is 2.59 bits per heavy atom. The molecule has 2 rings (SSSR count). The molecule has 0 saturated heterocycles. The van der Waals surface area contributed by atoms with Gasteiger partial charge >= 0.3 is 0 Å². The number of benzene rings is 1. The first kappa shape index (κ1) is 11.6. The SMILES string of the molecule is Cc1cc(C=O)ccc1-n1ccc(C(C)C)n1. The highest BCUT2D eigenvalue weighted by molar-refractivity contribution is 5.75. The summed E-state index contributed by atoms with van der Waals surface area (Å²) < 4.78 is 1.86. The van der Waals surface area contributed by atoms with Crippen LogP contribution in [0.15, 0.2) is 30.5 Å². The summed E-state index contributed by atoms with van der Waals surface area (Å²) in [7, 11) is 0. The number of hydrogen-bond donors (Lipinski definition) is 0. The van der Waals surface area contributed by atoms with Gasteiger partial charge in [-0.2, -0.15) is 5.10 Å². The third kappa shape index (κ3) is 2.28. The van der Waals surface area contributed by atoms with Gasteiger partial charge in [-0.3, -0.25) is 4.79 Å². The van der Waals surface area contributed by atoms with Crippen molar-refractivity contribution in [2.24, 2.45) is 0 Å². The number of rotatable bonds is 3. The van der Waals surface area contributed by atoms with Crippen LogP contribution < -0.4 is 0 Å². The van der Waals surface area contributed by atoms with Gasteiger partial charge in [-0.05, 0) is 42.7 Å². The Morgan fingerprint density at radius 2 is 2.06 bits per heavy atom. The van der Waals surface area contributed by atoms with Crippen molar-refractivity contribution in [2.45, 2.75) is 26.7 Å². The van der Waals surface area contributed by atoms with Crippen molar-refractivity contribution in [3.8, 4) is 5.69 Å². The Morgan fingerprint density at radius 1 is 1.29 bits per heavy atom. The first-order valence-electron chi connectivity index (χ1n) is 5.73. The molecule has 1 heterocycles. The summed E-state index contributed by atoms with van der Waals surface area (Å²) in [6.45, 7) is 6.23. The lowest BCUT2D eigenvalue weighted by Crippen LogP contribution is -2.00. The number of carbonyl (C=O) groups is 1. The Hall–Kier alpha value is -1.90. The minimum atomic E-state index is 0.422. The zero-order valence-electron chi connectivity index (χ0n) is 10.3. The molecule has 0 aliphatic heterocycles. The van der Waals surface area contributed by atoms with Crippen LogP contribution in [0.5, 0.6) is 0 Å². The highest BCUT2D eigenvalue weighted by Gasteiger charge is 2.07. The Bertz CT molecular complexity index is 541. The van der Waals surface area contributed by atoms with Crippen molar-refractivity contribution in [2.75, 3.05) is 0 Å². The van der Waals surface area contributed by atoms with Crippen LogP contribution in [-0.4, -0.2) is 16.1 Å². The standard InChI is InChI=1S/C14H16N2O/c1-10(2)13-6-7-16(15-13)14-5-4-12(9-17)8-11(14)3/h4-10H,1-3H3. The molecule has 0 fully saturated rings. The molecule has 3 heteroatoms. The summed E-state index contributed by atoms with van der Waals surface area (Å²) in [5.41, 5.74) is 3.84. The minimum Gasteiger partial charge on any atom is -0.298 e. The van der Waals surface area contributed by atoms with Crippen molar-refractivity contribution < 1.29 is 4.79 Å². The summed E-state index contributed by atoms with van der Waals surface area (Å²) in [6, 6.07) is 7.64. The van der Waals surface area contributed by atoms with Gasteiger partial charge in [0.05, 0.1) is 11.4 Å². The lowest BCUT2D eigenvalue weighted by atomic mass is 10.1. The van der Waals surface area contributed by atoms with Gasteiger partial charge in [-0.1, -0.05) is 13.8 Å². The van der Waals surface area contributed by atoms with Gasteiger partial charge in [0.1, 0.15) is 6.29 Å². The zero-order chi connectivity index (χ0) is 12.4. The second kappa shape index (κ2) is 4.53. The predicted octanol–water partition coefficient (Wildman–Crippen LogP) is 3.12. The molecule has 0 radical (unpaired) electrons. The molecule has 2 aromatic rings. The maximum Gasteiger partial charge on any atom is 0.150 e. The predicted molar refractivity (Wildman–Crippen MR) is 67.8 cm³/mol. The maximum atomic E-state index is 10.7. The molecular formula is C14H16N2O. The molecule has 0 amide bonds. The summed E-state index contributed by atoms with van der Waals surface area (Å²) in [6.07, 6.45) is 2.82. The summed E-state index contributed by atoms with van der Waals surface area (Å²) in [5, 5.41) is 4.52. The summed E-state index contributed by atoms with van der Waals surface area (Å²) in [5.74, 6) is 0.422. The average Bonchev–Trinajstić information content (AvgIpc) is 2.78. The van der Waals surface area contributed by atoms with Crippen LogP contribution >= 0.6 is 0 Å². The van der Waals surface area contributed by atoms with Gasteiger partial charge in [-0.15, -0.1) is 0 Å². The highest BCUT2D eigenvalue weighted by atomic mass is 16.1. The van der Waals surface area contributed by atoms with E-state index in [9.17, 15) is 4.79 Å². The Balaban J connectivity index is 2.42. The smallest absolute Gasteiger partial charge is 0.150 e. The molecule has 0 bridgehead atoms. The lowest BCUT2D eigenvalue weighted by molar-refractivity contribution is 0.112. The minimum absolute atomic E-state index is 0.422. The van der Waals surface area contributed by atoms with Crippen molar-refractivity contribution in [1.29, 1.82) is 0 Å². The quantitative estimate of drug-likeness (QED) is 0.756. The molecule has 0 aliphatic carbocycles. The van der Waals surface area contributed by atoms with Crippen LogP contribution in [0.1, 0.15) is 41.4 Å². The largest absolute Gasteiger partial charge is 0.298 e. The number of nitrogens with zero attached hydrogens (tertiary/aromatic N) is 2. The van der Waals surface area contributed by atoms with Crippen molar-refractivity contribution >= 4 is 6.29 Å². The van der Waals surface area contributed by atoms with E-state index in [0.717, 1.165) is 23.2 Å². The van der Waals surface area contributed by atoms with E-state index in [1.165, 1.54) is 0 Å². The van der Waals surface area contributed by atoms with E-state index in [1.54, 1.807) is 0 Å². The van der Waals surface area contributed by atoms with E-state index in [-0.39, 0.29) is 0 Å². The maximum absolute atomic E-state index is 10.7. The number of aromatic nitrogens is 2. The molecule has 1 aromatic carbocycles. The Labute approximate surface area is 101 Å². The molecule has 3 nitrogen and oxygen atoms in total. The lowest BCUT2D eigenvalue weighted by Gasteiger charge is -2.06. The van der Waals surface area contributed by atoms with Crippen LogP contribution in [0.4, 0.5) is 0 Å². The fourth-order valence-corrected chi connectivity index (χ4v) is 1.79. The van der Waals surface area contributed by atoms with E-state index in [2.05, 4.69) is 18.9 Å². The fraction of sp³-hybridized carbons (Fsp3) is 0.286. The number of aryl methyl sites for hydroxylation is 1. The zero-order valence-corrected chi connectivity index (χ0v) is 10.3. The van der Waals surface area contributed by atoms with Crippen LogP contribution in [0.25, 0.3) is 5.69 Å². The second-order valence-electron chi connectivity index (χ2n) is 4.50. The number of hydrogen-bond acceptors (Lipinski definition) is 2. The number of aldehydes is 1. The van der Waals surface area contributed by atoms with Gasteiger partial charge in [0, 0.05) is 11.8 Å². The van der Waals surface area contributed by atoms with Gasteiger partial charge in [0.2, 0.25) is 0 Å². The van der Waals surface area contributed by atoms with Gasteiger partial charge in [0.25, 0.3) is 0 Å². The molecule has 0 aliphatic rings. The number of carbonyl (C=O) groups excluding carboxylic acids is 1. The summed E-state index contributed by atoms with van der Waals surface area (Å²) >= 11 is 0. The van der Waals surface area contributed by atoms with Gasteiger partial charge in [0.15, 0.2) is 0 Å². The topological polar surface area (TPSA) is 34.9 Å². The van der Waals surface area contributed by atoms with E-state index in [4.69, 9.17) is 0 Å². The van der Waals surface area contributed by atoms with Gasteiger partial charge < -0.3 is 0 Å². The third-order valence-corrected chi connectivity index (χ3v) is 2.80. The molecule has 0 saturated carbocycles. The van der Waals surface area contributed by atoms with E-state index >= 15 is 0 Å². The third-order valence-electron chi connectivity index (χ3n) is 2.80. The second-order valence-corrected chi connectivity index (χ2v) is 4.50. The molecule has 0 N–H and O–H groups in total. The first-order valence-corrected chi connectivity index (χ1v) is 5.73.